The first-order valence-electron chi connectivity index (χ1n) is 17.4. The van der Waals surface area contributed by atoms with E-state index in [0.29, 0.717) is 29.3 Å². The van der Waals surface area contributed by atoms with E-state index in [4.69, 9.17) is 22.7 Å². The fourth-order valence-electron chi connectivity index (χ4n) is 8.34. The van der Waals surface area contributed by atoms with E-state index >= 15 is 0 Å². The average molecular weight is 668 g/mol. The van der Waals surface area contributed by atoms with Gasteiger partial charge in [0.05, 0.1) is 18.8 Å². The monoisotopic (exact) mass is 667 g/mol. The van der Waals surface area contributed by atoms with Crippen LogP contribution < -0.4 is 5.82 Å². The van der Waals surface area contributed by atoms with E-state index in [1.165, 1.54) is 6.92 Å². The number of hydrogen-bond donors (Lipinski definition) is 0. The van der Waals surface area contributed by atoms with E-state index in [2.05, 4.69) is 0 Å². The Morgan fingerprint density at radius 2 is 1.73 bits per heavy atom. The summed E-state index contributed by atoms with van der Waals surface area (Å²) in [6.45, 7) is 3.45. The quantitative estimate of drug-likeness (QED) is 0.208. The van der Waals surface area contributed by atoms with Gasteiger partial charge in [-0.15, -0.1) is 0 Å². The van der Waals surface area contributed by atoms with Gasteiger partial charge in [-0.1, -0.05) is 13.0 Å². The van der Waals surface area contributed by atoms with Crippen molar-refractivity contribution in [2.45, 2.75) is 96.8 Å². The van der Waals surface area contributed by atoms with Gasteiger partial charge in [-0.05, 0) is 112 Å². The number of amides is 1. The molecule has 48 heavy (non-hydrogen) atoms. The smallest absolute Gasteiger partial charge is 0.451 e. The summed E-state index contributed by atoms with van der Waals surface area (Å²) in [5.74, 6) is -0.517. The second-order valence-electron chi connectivity index (χ2n) is 14.1. The normalized spacial score (nSPS) is 26.9. The Morgan fingerprint density at radius 3 is 2.40 bits per heavy atom. The molecule has 0 bridgehead atoms. The molecule has 260 valence electrons. The first-order chi connectivity index (χ1) is 23.1. The number of furan rings is 1. The Balaban J connectivity index is 1.16. The van der Waals surface area contributed by atoms with Crippen LogP contribution in [0.15, 0.2) is 42.3 Å². The summed E-state index contributed by atoms with van der Waals surface area (Å²) >= 11 is 0. The van der Waals surface area contributed by atoms with Crippen LogP contribution >= 0.6 is 0 Å². The number of alkyl halides is 1. The van der Waals surface area contributed by atoms with Gasteiger partial charge in [0.25, 0.3) is 0 Å². The van der Waals surface area contributed by atoms with Gasteiger partial charge >= 0.3 is 11.8 Å². The zero-order valence-corrected chi connectivity index (χ0v) is 28.0. The molecule has 6 rings (SSSR count). The highest BCUT2D eigenvalue weighted by Gasteiger charge is 2.47. The maximum atomic E-state index is 14.3. The van der Waals surface area contributed by atoms with E-state index in [0.717, 1.165) is 63.4 Å². The van der Waals surface area contributed by atoms with Crippen molar-refractivity contribution in [3.05, 3.63) is 57.7 Å². The number of aryl methyl sites for hydroxylation is 1. The molecule has 3 fully saturated rings. The lowest BCUT2D eigenvalue weighted by molar-refractivity contribution is -0.143. The largest absolute Gasteiger partial charge is 0.519 e. The van der Waals surface area contributed by atoms with Crippen LogP contribution in [0.25, 0.3) is 11.0 Å². The second kappa shape index (κ2) is 14.8. The molecule has 0 unspecified atom stereocenters. The van der Waals surface area contributed by atoms with Crippen LogP contribution in [-0.2, 0) is 32.1 Å². The standard InChI is InChI=1S/C37H46FNO9/c1-21(19-38)24-5-7-26(8-6-24)35(41)39-15-14-29(25-9-11-28(44-3)12-10-25)34(39)30(40)17-23-4-13-31-27(16-23)18-32(47-31)36(42)45-20-33-22(2)46-37(43)48-33/h4,13,16,18,21,24-26,28-29,34H,5-12,14-15,17,19-20H2,1-3H3/t21-,24?,25?,26?,28?,29+,34+/m1/s1. The number of carbonyl (C=O) groups excluding carboxylic acids is 3. The summed E-state index contributed by atoms with van der Waals surface area (Å²) in [6.07, 6.45) is 8.26. The number of fused-ring (bicyclic) bond motifs is 1. The zero-order chi connectivity index (χ0) is 33.9. The number of rotatable bonds is 11. The number of nitrogens with zero attached hydrogens (tertiary/aromatic N) is 1. The van der Waals surface area contributed by atoms with Gasteiger partial charge in [-0.2, -0.15) is 0 Å². The lowest BCUT2D eigenvalue weighted by Gasteiger charge is -2.37. The fraction of sp³-hybridized carbons (Fsp3) is 0.622. The van der Waals surface area contributed by atoms with Gasteiger partial charge in [0.1, 0.15) is 5.58 Å². The Morgan fingerprint density at radius 1 is 0.979 bits per heavy atom. The SMILES string of the molecule is COC1CCC([C@@H]2CCN(C(=O)C3CCC([C@H](C)CF)CC3)[C@@H]2C(=O)Cc2ccc3oc(C(=O)OCc4oc(=O)oc4C)cc3c2)CC1. The Kier molecular flexibility index (Phi) is 10.5. The van der Waals surface area contributed by atoms with Crippen molar-refractivity contribution in [1.82, 2.24) is 4.90 Å². The highest BCUT2D eigenvalue weighted by Crippen LogP contribution is 2.42. The number of methoxy groups -OCH3 is 1. The number of carbonyl (C=O) groups is 3. The number of ether oxygens (including phenoxy) is 2. The van der Waals surface area contributed by atoms with Gasteiger partial charge in [0.15, 0.2) is 23.9 Å². The van der Waals surface area contributed by atoms with Gasteiger partial charge in [-0.3, -0.25) is 14.0 Å². The molecule has 3 aromatic rings. The third kappa shape index (κ3) is 7.31. The number of Topliss-reactive ketones (excluding diaryl/α,β-unsaturated/α-hetero) is 1. The predicted octanol–water partition coefficient (Wildman–Crippen LogP) is 6.59. The molecule has 2 aromatic heterocycles. The van der Waals surface area contributed by atoms with Gasteiger partial charge in [-0.25, -0.2) is 9.59 Å². The number of likely N-dealkylation sites (tertiary alicyclic amines) is 1. The van der Waals surface area contributed by atoms with Crippen LogP contribution in [0.4, 0.5) is 4.39 Å². The van der Waals surface area contributed by atoms with Crippen molar-refractivity contribution in [2.24, 2.45) is 29.6 Å². The van der Waals surface area contributed by atoms with Crippen molar-refractivity contribution >= 4 is 28.6 Å². The summed E-state index contributed by atoms with van der Waals surface area (Å²) in [5.41, 5.74) is 1.23. The molecule has 3 heterocycles. The van der Waals surface area contributed by atoms with Crippen LogP contribution in [0.2, 0.25) is 0 Å². The molecule has 1 saturated heterocycles. The Bertz CT molecular complexity index is 1660. The molecule has 0 spiro atoms. The molecule has 0 N–H and O–H groups in total. The minimum absolute atomic E-state index is 0.0126. The summed E-state index contributed by atoms with van der Waals surface area (Å²) in [6, 6.07) is 6.45. The molecular formula is C37H46FNO9. The third-order valence-electron chi connectivity index (χ3n) is 11.2. The molecular weight excluding hydrogens is 621 g/mol. The summed E-state index contributed by atoms with van der Waals surface area (Å²) < 4.78 is 39.6. The highest BCUT2D eigenvalue weighted by atomic mass is 19.1. The third-order valence-corrected chi connectivity index (χ3v) is 11.2. The van der Waals surface area contributed by atoms with Crippen molar-refractivity contribution in [3.63, 3.8) is 0 Å². The van der Waals surface area contributed by atoms with E-state index in [9.17, 15) is 23.6 Å². The van der Waals surface area contributed by atoms with E-state index in [1.54, 1.807) is 19.2 Å². The topological polar surface area (TPSA) is 129 Å². The number of hydrogen-bond acceptors (Lipinski definition) is 9. The van der Waals surface area contributed by atoms with Crippen LogP contribution in [0, 0.1) is 36.5 Å². The van der Waals surface area contributed by atoms with Gasteiger partial charge < -0.3 is 27.6 Å². The minimum Gasteiger partial charge on any atom is -0.451 e. The van der Waals surface area contributed by atoms with Gasteiger partial charge in [0, 0.05) is 31.4 Å². The second-order valence-corrected chi connectivity index (χ2v) is 14.1. The van der Waals surface area contributed by atoms with Gasteiger partial charge in [0.2, 0.25) is 11.7 Å². The lowest BCUT2D eigenvalue weighted by atomic mass is 9.74. The molecule has 3 aliphatic rings. The molecule has 1 amide bonds. The number of halogens is 1. The zero-order valence-electron chi connectivity index (χ0n) is 28.0. The predicted molar refractivity (Wildman–Crippen MR) is 173 cm³/mol. The fourth-order valence-corrected chi connectivity index (χ4v) is 8.34. The molecule has 0 radical (unpaired) electrons. The van der Waals surface area contributed by atoms with E-state index < -0.39 is 17.8 Å². The molecule has 1 aromatic carbocycles. The van der Waals surface area contributed by atoms with Crippen molar-refractivity contribution < 1.29 is 41.5 Å². The first-order valence-corrected chi connectivity index (χ1v) is 17.4. The number of benzene rings is 1. The van der Waals surface area contributed by atoms with Crippen LogP contribution in [0.1, 0.15) is 92.3 Å². The number of esters is 1. The highest BCUT2D eigenvalue weighted by molar-refractivity contribution is 5.94. The lowest BCUT2D eigenvalue weighted by Crippen LogP contribution is -2.48. The maximum Gasteiger partial charge on any atom is 0.519 e. The molecule has 10 nitrogen and oxygen atoms in total. The number of ketones is 1. The van der Waals surface area contributed by atoms with Crippen LogP contribution in [-0.4, -0.2) is 55.0 Å². The molecule has 3 atom stereocenters. The molecule has 2 saturated carbocycles. The van der Waals surface area contributed by atoms with Crippen molar-refractivity contribution in [3.8, 4) is 0 Å². The molecule has 11 heteroatoms. The maximum absolute atomic E-state index is 14.3. The molecule has 1 aliphatic heterocycles. The molecule has 2 aliphatic carbocycles. The van der Waals surface area contributed by atoms with Crippen LogP contribution in [0.3, 0.4) is 0 Å². The van der Waals surface area contributed by atoms with E-state index in [-0.39, 0.29) is 72.5 Å². The minimum atomic E-state index is -0.869. The van der Waals surface area contributed by atoms with Crippen molar-refractivity contribution in [2.75, 3.05) is 20.3 Å². The summed E-state index contributed by atoms with van der Waals surface area (Å²) in [4.78, 5) is 54.1. The Hall–Kier alpha value is -3.73. The first kappa shape index (κ1) is 34.1. The average Bonchev–Trinajstić information content (AvgIpc) is 3.82. The van der Waals surface area contributed by atoms with E-state index in [1.807, 2.05) is 24.0 Å². The van der Waals surface area contributed by atoms with Crippen LogP contribution in [0.5, 0.6) is 0 Å². The van der Waals surface area contributed by atoms with Crippen molar-refractivity contribution in [1.29, 1.82) is 0 Å². The Labute approximate surface area is 279 Å². The summed E-state index contributed by atoms with van der Waals surface area (Å²) in [5, 5.41) is 0.645. The summed E-state index contributed by atoms with van der Waals surface area (Å²) in [7, 11) is 1.75.